The molecule has 212 valence electrons. The van der Waals surface area contributed by atoms with Crippen LogP contribution >= 0.6 is 0 Å². The number of nitrogens with one attached hydrogen (secondary N) is 1. The number of ether oxygens (including phenoxy) is 6. The summed E-state index contributed by atoms with van der Waals surface area (Å²) in [5.41, 5.74) is 6.61. The molecule has 1 aliphatic heterocycles. The van der Waals surface area contributed by atoms with Crippen molar-refractivity contribution in [3.63, 3.8) is 0 Å². The smallest absolute Gasteiger partial charge is 0.308 e. The van der Waals surface area contributed by atoms with E-state index in [-0.39, 0.29) is 18.1 Å². The summed E-state index contributed by atoms with van der Waals surface area (Å²) in [4.78, 5) is 70.1. The van der Waals surface area contributed by atoms with Crippen molar-refractivity contribution in [2.75, 3.05) is 6.61 Å². The van der Waals surface area contributed by atoms with E-state index in [2.05, 4.69) is 5.32 Å². The van der Waals surface area contributed by atoms with Gasteiger partial charge in [0.2, 0.25) is 5.91 Å². The molecule has 1 aliphatic rings. The molecular weight excluding hydrogens is 520 g/mol. The van der Waals surface area contributed by atoms with Gasteiger partial charge in [0.05, 0.1) is 6.04 Å². The van der Waals surface area contributed by atoms with Gasteiger partial charge in [-0.25, -0.2) is 0 Å². The summed E-state index contributed by atoms with van der Waals surface area (Å²) >= 11 is 0. The third-order valence-corrected chi connectivity index (χ3v) is 4.98. The maximum absolute atomic E-state index is 12.7. The number of rotatable bonds is 9. The fraction of sp³-hybridized carbons (Fsp3) is 0.440. The number of carbonyl (C=O) groups is 6. The van der Waals surface area contributed by atoms with Crippen molar-refractivity contribution < 1.29 is 57.2 Å². The number of esters is 5. The highest BCUT2D eigenvalue weighted by atomic mass is 16.6. The molecule has 0 saturated carbocycles. The lowest BCUT2D eigenvalue weighted by Gasteiger charge is -2.43. The number of carbonyl (C=O) groups excluding carboxylic acids is 6. The highest BCUT2D eigenvalue weighted by Crippen LogP contribution is 2.29. The molecule has 14 nitrogen and oxygen atoms in total. The predicted octanol–water partition coefficient (Wildman–Crippen LogP) is 0.145. The van der Waals surface area contributed by atoms with Crippen molar-refractivity contribution >= 4 is 41.8 Å². The molecule has 1 amide bonds. The van der Waals surface area contributed by atoms with Gasteiger partial charge < -0.3 is 39.5 Å². The summed E-state index contributed by atoms with van der Waals surface area (Å²) < 4.78 is 31.3. The number of nitrogens with two attached hydrogens (primary N) is 1. The lowest BCUT2D eigenvalue weighted by atomic mass is 9.96. The van der Waals surface area contributed by atoms with Crippen molar-refractivity contribution in [3.05, 3.63) is 29.8 Å². The van der Waals surface area contributed by atoms with Crippen molar-refractivity contribution in [1.29, 1.82) is 0 Å². The molecule has 0 unspecified atom stereocenters. The topological polar surface area (TPSA) is 196 Å². The first-order valence-electron chi connectivity index (χ1n) is 11.6. The van der Waals surface area contributed by atoms with Gasteiger partial charge in [0, 0.05) is 40.7 Å². The largest absolute Gasteiger partial charge is 0.463 e. The average Bonchev–Trinajstić information content (AvgIpc) is 2.81. The van der Waals surface area contributed by atoms with Gasteiger partial charge in [0.25, 0.3) is 0 Å². The summed E-state index contributed by atoms with van der Waals surface area (Å²) in [7, 11) is 0. The Kier molecular flexibility index (Phi) is 11.1. The van der Waals surface area contributed by atoms with E-state index in [4.69, 9.17) is 34.2 Å². The Morgan fingerprint density at radius 2 is 1.44 bits per heavy atom. The molecule has 0 radical (unpaired) electrons. The van der Waals surface area contributed by atoms with E-state index in [1.54, 1.807) is 0 Å². The maximum Gasteiger partial charge on any atom is 0.308 e. The van der Waals surface area contributed by atoms with Gasteiger partial charge in [0.15, 0.2) is 23.7 Å². The van der Waals surface area contributed by atoms with Gasteiger partial charge in [-0.1, -0.05) is 6.07 Å². The predicted molar refractivity (Wildman–Crippen MR) is 131 cm³/mol. The minimum atomic E-state index is -1.25. The Morgan fingerprint density at radius 1 is 0.846 bits per heavy atom. The molecule has 0 aromatic heterocycles. The van der Waals surface area contributed by atoms with Crippen LogP contribution in [-0.2, 0) is 47.7 Å². The summed E-state index contributed by atoms with van der Waals surface area (Å²) in [6.07, 6.45) is -2.35. The highest BCUT2D eigenvalue weighted by Gasteiger charge is 2.49. The van der Waals surface area contributed by atoms with Gasteiger partial charge >= 0.3 is 29.8 Å². The molecule has 0 aliphatic carbocycles. The molecule has 1 aromatic rings. The molecule has 5 atom stereocenters. The normalized spacial score (nSPS) is 22.4. The van der Waals surface area contributed by atoms with E-state index in [1.165, 1.54) is 38.1 Å². The minimum Gasteiger partial charge on any atom is -0.463 e. The second kappa shape index (κ2) is 14.0. The SMILES string of the molecule is CC(=O)OC[C@H]1O[C@@H](NC(=O)/C=C\c2ccc(OC(C)=O)c(OC(C)=O)c2)[C@H](N)[C@@H](OC(C)=O)[C@H]1OC(C)=O. The quantitative estimate of drug-likeness (QED) is 0.183. The molecule has 1 saturated heterocycles. The highest BCUT2D eigenvalue weighted by molar-refractivity contribution is 5.92. The monoisotopic (exact) mass is 550 g/mol. The lowest BCUT2D eigenvalue weighted by Crippen LogP contribution is -2.68. The summed E-state index contributed by atoms with van der Waals surface area (Å²) in [6, 6.07) is 3.09. The summed E-state index contributed by atoms with van der Waals surface area (Å²) in [6.45, 7) is 5.39. The third kappa shape index (κ3) is 9.83. The number of benzene rings is 1. The van der Waals surface area contributed by atoms with Gasteiger partial charge in [0.1, 0.15) is 18.9 Å². The van der Waals surface area contributed by atoms with Crippen LogP contribution in [0.3, 0.4) is 0 Å². The molecule has 39 heavy (non-hydrogen) atoms. The standard InChI is InChI=1S/C25H30N2O12/c1-12(28)34-11-20-23(37-15(4)31)24(38-16(5)32)22(26)25(39-20)27-21(33)9-7-17-6-8-18(35-13(2)29)19(10-17)36-14(3)30/h6-10,20,22-25H,11,26H2,1-5H3,(H,27,33)/b9-7-/t20-,22-,23+,24-,25-/m1/s1. The molecule has 1 fully saturated rings. The van der Waals surface area contributed by atoms with Crippen molar-refractivity contribution in [2.45, 2.75) is 65.2 Å². The molecular formula is C25H30N2O12. The Balaban J connectivity index is 2.24. The fourth-order valence-corrected chi connectivity index (χ4v) is 3.56. The first kappa shape index (κ1) is 30.9. The Morgan fingerprint density at radius 3 is 2.00 bits per heavy atom. The molecule has 2 rings (SSSR count). The third-order valence-electron chi connectivity index (χ3n) is 4.98. The summed E-state index contributed by atoms with van der Waals surface area (Å²) in [5.74, 6) is -4.08. The Hall–Kier alpha value is -4.30. The Labute approximate surface area is 223 Å². The molecule has 1 aromatic carbocycles. The Bertz CT molecular complexity index is 1150. The molecule has 1 heterocycles. The van der Waals surface area contributed by atoms with Crippen LogP contribution < -0.4 is 20.5 Å². The zero-order valence-corrected chi connectivity index (χ0v) is 22.0. The van der Waals surface area contributed by atoms with Crippen molar-refractivity contribution in [2.24, 2.45) is 5.73 Å². The average molecular weight is 551 g/mol. The van der Waals surface area contributed by atoms with Crippen LogP contribution in [0.25, 0.3) is 6.08 Å². The van der Waals surface area contributed by atoms with E-state index in [1.807, 2.05) is 0 Å². The van der Waals surface area contributed by atoms with Crippen LogP contribution in [-0.4, -0.2) is 72.9 Å². The maximum atomic E-state index is 12.7. The van der Waals surface area contributed by atoms with Crippen LogP contribution in [0.2, 0.25) is 0 Å². The van der Waals surface area contributed by atoms with Crippen LogP contribution in [0.1, 0.15) is 40.2 Å². The number of hydrogen-bond acceptors (Lipinski definition) is 13. The fourth-order valence-electron chi connectivity index (χ4n) is 3.56. The second-order valence-corrected chi connectivity index (χ2v) is 8.36. The molecule has 0 bridgehead atoms. The van der Waals surface area contributed by atoms with Crippen LogP contribution in [0.4, 0.5) is 0 Å². The van der Waals surface area contributed by atoms with E-state index >= 15 is 0 Å². The van der Waals surface area contributed by atoms with E-state index < -0.39 is 66.3 Å². The molecule has 0 spiro atoms. The zero-order chi connectivity index (χ0) is 29.3. The minimum absolute atomic E-state index is 0.0125. The number of hydrogen-bond donors (Lipinski definition) is 2. The molecule has 3 N–H and O–H groups in total. The van der Waals surface area contributed by atoms with E-state index in [0.29, 0.717) is 5.56 Å². The van der Waals surface area contributed by atoms with Crippen LogP contribution in [0.5, 0.6) is 11.5 Å². The van der Waals surface area contributed by atoms with Crippen LogP contribution in [0, 0.1) is 0 Å². The first-order valence-corrected chi connectivity index (χ1v) is 11.6. The zero-order valence-electron chi connectivity index (χ0n) is 22.0. The van der Waals surface area contributed by atoms with E-state index in [9.17, 15) is 28.8 Å². The van der Waals surface area contributed by atoms with E-state index in [0.717, 1.165) is 26.8 Å². The van der Waals surface area contributed by atoms with Crippen LogP contribution in [0.15, 0.2) is 24.3 Å². The van der Waals surface area contributed by atoms with Gasteiger partial charge in [-0.2, -0.15) is 0 Å². The first-order chi connectivity index (χ1) is 18.3. The second-order valence-electron chi connectivity index (χ2n) is 8.36. The van der Waals surface area contributed by atoms with Gasteiger partial charge in [-0.3, -0.25) is 28.8 Å². The van der Waals surface area contributed by atoms with Gasteiger partial charge in [-0.05, 0) is 23.8 Å². The van der Waals surface area contributed by atoms with Crippen molar-refractivity contribution in [3.8, 4) is 11.5 Å². The molecule has 14 heteroatoms. The van der Waals surface area contributed by atoms with Gasteiger partial charge in [-0.15, -0.1) is 0 Å². The lowest BCUT2D eigenvalue weighted by molar-refractivity contribution is -0.224. The summed E-state index contributed by atoms with van der Waals surface area (Å²) in [5, 5.41) is 2.52. The number of amides is 1. The van der Waals surface area contributed by atoms with Crippen molar-refractivity contribution in [1.82, 2.24) is 5.32 Å².